The topological polar surface area (TPSA) is 95.7 Å². The molecule has 9 heteroatoms. The molecule has 178 valence electrons. The number of fused-ring (bicyclic) bond motifs is 2. The highest BCUT2D eigenvalue weighted by molar-refractivity contribution is 5.82. The molecule has 4 heterocycles. The van der Waals surface area contributed by atoms with Crippen LogP contribution >= 0.6 is 0 Å². The van der Waals surface area contributed by atoms with Gasteiger partial charge in [-0.15, -0.1) is 0 Å². The molecule has 5 aromatic rings. The predicted molar refractivity (Wildman–Crippen MR) is 137 cm³/mol. The smallest absolute Gasteiger partial charge is 0.180 e. The number of hydrogen-bond donors (Lipinski definition) is 1. The maximum Gasteiger partial charge on any atom is 0.180 e. The van der Waals surface area contributed by atoms with Gasteiger partial charge in [0.1, 0.15) is 5.75 Å². The van der Waals surface area contributed by atoms with Crippen LogP contribution in [-0.4, -0.2) is 56.8 Å². The molecule has 9 nitrogen and oxygen atoms in total. The van der Waals surface area contributed by atoms with Gasteiger partial charge >= 0.3 is 0 Å². The van der Waals surface area contributed by atoms with Crippen molar-refractivity contribution in [3.8, 4) is 28.3 Å². The van der Waals surface area contributed by atoms with Crippen molar-refractivity contribution in [2.24, 2.45) is 7.05 Å². The number of hydrogen-bond acceptors (Lipinski definition) is 7. The van der Waals surface area contributed by atoms with Gasteiger partial charge < -0.3 is 29.1 Å². The first kappa shape index (κ1) is 21.4. The van der Waals surface area contributed by atoms with Gasteiger partial charge in [0, 0.05) is 43.7 Å². The molecule has 0 radical (unpaired) electrons. The van der Waals surface area contributed by atoms with E-state index in [0.29, 0.717) is 18.1 Å². The van der Waals surface area contributed by atoms with Gasteiger partial charge in [0.15, 0.2) is 11.5 Å². The summed E-state index contributed by atoms with van der Waals surface area (Å²) in [6.07, 6.45) is 5.76. The van der Waals surface area contributed by atoms with Crippen molar-refractivity contribution in [2.45, 2.75) is 6.92 Å². The number of nitrogen functional groups attached to an aromatic ring is 1. The fourth-order valence-electron chi connectivity index (χ4n) is 4.60. The van der Waals surface area contributed by atoms with E-state index < -0.39 is 0 Å². The third-order valence-electron chi connectivity index (χ3n) is 6.39. The maximum atomic E-state index is 6.35. The Morgan fingerprint density at radius 3 is 2.54 bits per heavy atom. The third-order valence-corrected chi connectivity index (χ3v) is 6.39. The SMILES string of the molecule is CCOc1cc(-c2cn3cc(-c4ccc5ncn(C)c5c4)nc(N)c3n2)ccc1N1CCOCC1. The zero-order valence-corrected chi connectivity index (χ0v) is 19.8. The van der Waals surface area contributed by atoms with Crippen LogP contribution in [0.5, 0.6) is 5.75 Å². The van der Waals surface area contributed by atoms with Gasteiger partial charge in [-0.25, -0.2) is 15.0 Å². The van der Waals surface area contributed by atoms with Crippen LogP contribution in [0.15, 0.2) is 55.1 Å². The van der Waals surface area contributed by atoms with Gasteiger partial charge in [0.05, 0.1) is 54.3 Å². The van der Waals surface area contributed by atoms with E-state index in [1.165, 1.54) is 0 Å². The lowest BCUT2D eigenvalue weighted by atomic mass is 10.1. The first-order valence-electron chi connectivity index (χ1n) is 11.8. The number of benzene rings is 2. The van der Waals surface area contributed by atoms with E-state index >= 15 is 0 Å². The lowest BCUT2D eigenvalue weighted by Gasteiger charge is -2.30. The van der Waals surface area contributed by atoms with Crippen LogP contribution in [0.3, 0.4) is 0 Å². The van der Waals surface area contributed by atoms with Crippen LogP contribution in [0.1, 0.15) is 6.92 Å². The highest BCUT2D eigenvalue weighted by Crippen LogP contribution is 2.34. The van der Waals surface area contributed by atoms with Crippen LogP contribution in [0.2, 0.25) is 0 Å². The molecule has 1 fully saturated rings. The summed E-state index contributed by atoms with van der Waals surface area (Å²) in [5, 5.41) is 0. The fourth-order valence-corrected chi connectivity index (χ4v) is 4.60. The first-order valence-corrected chi connectivity index (χ1v) is 11.8. The molecule has 0 atom stereocenters. The summed E-state index contributed by atoms with van der Waals surface area (Å²) in [5.41, 5.74) is 13.6. The van der Waals surface area contributed by atoms with Crippen LogP contribution in [0.25, 0.3) is 39.2 Å². The molecule has 0 spiro atoms. The first-order chi connectivity index (χ1) is 17.1. The Bertz CT molecular complexity index is 1530. The van der Waals surface area contributed by atoms with Crippen LogP contribution in [0, 0.1) is 0 Å². The van der Waals surface area contributed by atoms with Crippen molar-refractivity contribution >= 4 is 28.2 Å². The van der Waals surface area contributed by atoms with Crippen LogP contribution in [-0.2, 0) is 11.8 Å². The Labute approximate surface area is 202 Å². The van der Waals surface area contributed by atoms with Gasteiger partial charge in [0.2, 0.25) is 0 Å². The van der Waals surface area contributed by atoms with Crippen LogP contribution in [0.4, 0.5) is 11.5 Å². The van der Waals surface area contributed by atoms with E-state index in [0.717, 1.165) is 71.3 Å². The summed E-state index contributed by atoms with van der Waals surface area (Å²) < 4.78 is 15.4. The molecule has 0 unspecified atom stereocenters. The summed E-state index contributed by atoms with van der Waals surface area (Å²) in [5.74, 6) is 1.23. The van der Waals surface area contributed by atoms with E-state index in [9.17, 15) is 0 Å². The van der Waals surface area contributed by atoms with Gasteiger partial charge in [-0.05, 0) is 31.2 Å². The summed E-state index contributed by atoms with van der Waals surface area (Å²) >= 11 is 0. The largest absolute Gasteiger partial charge is 0.492 e. The number of ether oxygens (including phenoxy) is 2. The molecule has 6 rings (SSSR count). The minimum absolute atomic E-state index is 0.383. The number of aryl methyl sites for hydroxylation is 1. The molecule has 2 N–H and O–H groups in total. The molecule has 0 bridgehead atoms. The van der Waals surface area contributed by atoms with Crippen molar-refractivity contribution in [3.05, 3.63) is 55.1 Å². The predicted octanol–water partition coefficient (Wildman–Crippen LogP) is 3.77. The van der Waals surface area contributed by atoms with Gasteiger partial charge in [0.25, 0.3) is 0 Å². The normalized spacial score (nSPS) is 14.2. The number of imidazole rings is 2. The van der Waals surface area contributed by atoms with E-state index in [-0.39, 0.29) is 0 Å². The Morgan fingerprint density at radius 2 is 1.74 bits per heavy atom. The molecule has 1 aliphatic rings. The lowest BCUT2D eigenvalue weighted by Crippen LogP contribution is -2.36. The molecule has 0 saturated carbocycles. The molecule has 2 aromatic carbocycles. The van der Waals surface area contributed by atoms with Crippen molar-refractivity contribution in [1.82, 2.24) is 23.9 Å². The second-order valence-corrected chi connectivity index (χ2v) is 8.64. The molecule has 1 aliphatic heterocycles. The monoisotopic (exact) mass is 469 g/mol. The van der Waals surface area contributed by atoms with Crippen molar-refractivity contribution in [3.63, 3.8) is 0 Å². The Balaban J connectivity index is 1.39. The second kappa shape index (κ2) is 8.59. The molecule has 0 amide bonds. The molecule has 3 aromatic heterocycles. The van der Waals surface area contributed by atoms with Crippen molar-refractivity contribution in [1.29, 1.82) is 0 Å². The average Bonchev–Trinajstić information content (AvgIpc) is 3.49. The summed E-state index contributed by atoms with van der Waals surface area (Å²) in [6.45, 7) is 5.74. The fraction of sp³-hybridized carbons (Fsp3) is 0.269. The molecular formula is C26H27N7O2. The van der Waals surface area contributed by atoms with E-state index in [4.69, 9.17) is 20.2 Å². The maximum absolute atomic E-state index is 6.35. The van der Waals surface area contributed by atoms with Crippen molar-refractivity contribution in [2.75, 3.05) is 43.5 Å². The highest BCUT2D eigenvalue weighted by Gasteiger charge is 2.18. The molecule has 35 heavy (non-hydrogen) atoms. The highest BCUT2D eigenvalue weighted by atomic mass is 16.5. The molecular weight excluding hydrogens is 442 g/mol. The molecule has 0 aliphatic carbocycles. The van der Waals surface area contributed by atoms with Crippen LogP contribution < -0.4 is 15.4 Å². The molecule has 1 saturated heterocycles. The number of morpholine rings is 1. The Hall–Kier alpha value is -4.11. The second-order valence-electron chi connectivity index (χ2n) is 8.64. The number of nitrogens with two attached hydrogens (primary N) is 1. The van der Waals surface area contributed by atoms with Gasteiger partial charge in [-0.3, -0.25) is 0 Å². The minimum Gasteiger partial charge on any atom is -0.492 e. The Morgan fingerprint density at radius 1 is 1.00 bits per heavy atom. The van der Waals surface area contributed by atoms with E-state index in [1.807, 2.05) is 53.8 Å². The summed E-state index contributed by atoms with van der Waals surface area (Å²) in [7, 11) is 1.98. The standard InChI is InChI=1S/C26H27N7O2/c1-3-35-24-13-18(5-7-22(24)32-8-10-34-11-9-32)21-15-33-14-20(29-25(27)26(33)30-21)17-4-6-19-23(12-17)31(2)16-28-19/h4-7,12-16H,3,8-11H2,1-2H3,(H2,27,29). The van der Waals surface area contributed by atoms with E-state index in [2.05, 4.69) is 39.1 Å². The number of anilines is 2. The minimum atomic E-state index is 0.383. The lowest BCUT2D eigenvalue weighted by molar-refractivity contribution is 0.122. The summed E-state index contributed by atoms with van der Waals surface area (Å²) in [4.78, 5) is 16.1. The number of rotatable bonds is 5. The van der Waals surface area contributed by atoms with Gasteiger partial charge in [-0.2, -0.15) is 0 Å². The van der Waals surface area contributed by atoms with Crippen molar-refractivity contribution < 1.29 is 9.47 Å². The Kier molecular flexibility index (Phi) is 5.26. The average molecular weight is 470 g/mol. The number of nitrogens with zero attached hydrogens (tertiary/aromatic N) is 6. The summed E-state index contributed by atoms with van der Waals surface area (Å²) in [6, 6.07) is 12.3. The zero-order valence-electron chi connectivity index (χ0n) is 19.8. The van der Waals surface area contributed by atoms with Gasteiger partial charge in [-0.1, -0.05) is 12.1 Å². The quantitative estimate of drug-likeness (QED) is 0.419. The third kappa shape index (κ3) is 3.83. The number of aromatic nitrogens is 5. The zero-order chi connectivity index (χ0) is 23.9. The van der Waals surface area contributed by atoms with E-state index in [1.54, 1.807) is 0 Å².